The molecule has 0 amide bonds. The van der Waals surface area contributed by atoms with Crippen LogP contribution in [0.4, 0.5) is 0 Å². The van der Waals surface area contributed by atoms with Gasteiger partial charge in [-0.3, -0.25) is 4.40 Å². The molecule has 4 rings (SSSR count). The van der Waals surface area contributed by atoms with Crippen LogP contribution in [-0.4, -0.2) is 27.9 Å². The van der Waals surface area contributed by atoms with Crippen molar-refractivity contribution in [2.24, 2.45) is 0 Å². The number of ether oxygens (including phenoxy) is 2. The van der Waals surface area contributed by atoms with Gasteiger partial charge in [-0.05, 0) is 38.0 Å². The Labute approximate surface area is 183 Å². The summed E-state index contributed by atoms with van der Waals surface area (Å²) >= 11 is 5.18. The van der Waals surface area contributed by atoms with E-state index in [-0.39, 0.29) is 0 Å². The summed E-state index contributed by atoms with van der Waals surface area (Å²) in [7, 11) is 0. The van der Waals surface area contributed by atoms with E-state index in [2.05, 4.69) is 56.7 Å². The maximum Gasteiger partial charge on any atom is 0.195 e. The van der Waals surface area contributed by atoms with Gasteiger partial charge in [0.05, 0.1) is 34.8 Å². The van der Waals surface area contributed by atoms with E-state index in [1.807, 2.05) is 19.1 Å². The predicted molar refractivity (Wildman–Crippen MR) is 124 cm³/mol. The summed E-state index contributed by atoms with van der Waals surface area (Å²) in [5.74, 6) is 0.900. The second-order valence-corrected chi connectivity index (χ2v) is 8.66. The third kappa shape index (κ3) is 4.49. The Morgan fingerprint density at radius 2 is 1.93 bits per heavy atom. The second kappa shape index (κ2) is 9.74. The van der Waals surface area contributed by atoms with Crippen molar-refractivity contribution in [1.82, 2.24) is 9.38 Å². The molecule has 0 bridgehead atoms. The molecule has 0 radical (unpaired) electrons. The Morgan fingerprint density at radius 1 is 1.07 bits per heavy atom. The van der Waals surface area contributed by atoms with Gasteiger partial charge in [0.2, 0.25) is 0 Å². The normalized spacial score (nSPS) is 11.5. The van der Waals surface area contributed by atoms with Crippen molar-refractivity contribution in [3.8, 4) is 17.0 Å². The number of thiazole rings is 1. The van der Waals surface area contributed by atoms with Gasteiger partial charge in [-0.1, -0.05) is 64.0 Å². The van der Waals surface area contributed by atoms with Crippen LogP contribution in [0.5, 0.6) is 5.75 Å². The zero-order valence-electron chi connectivity index (χ0n) is 16.6. The first kappa shape index (κ1) is 20.4. The zero-order chi connectivity index (χ0) is 20.1. The lowest BCUT2D eigenvalue weighted by molar-refractivity contribution is 0.114. The molecule has 4 nitrogen and oxygen atoms in total. The number of aromatic nitrogens is 2. The molecule has 0 aliphatic heterocycles. The highest BCUT2D eigenvalue weighted by Gasteiger charge is 2.18. The molecule has 0 N–H and O–H groups in total. The van der Waals surface area contributed by atoms with Crippen LogP contribution in [0.1, 0.15) is 31.9 Å². The number of halogens is 1. The van der Waals surface area contributed by atoms with E-state index in [0.717, 1.165) is 51.5 Å². The lowest BCUT2D eigenvalue weighted by Gasteiger charge is -2.08. The smallest absolute Gasteiger partial charge is 0.195 e. The summed E-state index contributed by atoms with van der Waals surface area (Å²) in [6.07, 6.45) is 3.45. The van der Waals surface area contributed by atoms with Gasteiger partial charge in [0.25, 0.3) is 0 Å². The Balaban J connectivity index is 1.70. The van der Waals surface area contributed by atoms with E-state index in [4.69, 9.17) is 14.5 Å². The average molecular weight is 473 g/mol. The highest BCUT2D eigenvalue weighted by atomic mass is 79.9. The molecule has 0 spiro atoms. The van der Waals surface area contributed by atoms with Gasteiger partial charge in [0.1, 0.15) is 5.75 Å². The monoisotopic (exact) mass is 472 g/mol. The number of rotatable bonds is 10. The van der Waals surface area contributed by atoms with Gasteiger partial charge >= 0.3 is 0 Å². The van der Waals surface area contributed by atoms with Crippen molar-refractivity contribution in [3.05, 3.63) is 54.2 Å². The average Bonchev–Trinajstić information content (AvgIpc) is 3.27. The number of imidazole rings is 1. The lowest BCUT2D eigenvalue weighted by Crippen LogP contribution is -2.01. The maximum atomic E-state index is 6.08. The van der Waals surface area contributed by atoms with Gasteiger partial charge in [-0.25, -0.2) is 4.98 Å². The Kier molecular flexibility index (Phi) is 6.85. The number of benzene rings is 2. The zero-order valence-corrected chi connectivity index (χ0v) is 19.0. The van der Waals surface area contributed by atoms with Crippen molar-refractivity contribution in [3.63, 3.8) is 0 Å². The Morgan fingerprint density at radius 3 is 2.72 bits per heavy atom. The van der Waals surface area contributed by atoms with Crippen LogP contribution in [-0.2, 0) is 11.3 Å². The molecule has 152 valence electrons. The molecule has 0 aliphatic carbocycles. The van der Waals surface area contributed by atoms with Crippen LogP contribution in [0.15, 0.2) is 48.5 Å². The fourth-order valence-electron chi connectivity index (χ4n) is 3.47. The van der Waals surface area contributed by atoms with Gasteiger partial charge in [-0.2, -0.15) is 0 Å². The minimum absolute atomic E-state index is 0.554. The van der Waals surface area contributed by atoms with Crippen molar-refractivity contribution in [1.29, 1.82) is 0 Å². The molecule has 2 heterocycles. The Hall–Kier alpha value is -1.89. The fourth-order valence-corrected chi connectivity index (χ4v) is 4.94. The summed E-state index contributed by atoms with van der Waals surface area (Å²) in [6, 6.07) is 16.6. The maximum absolute atomic E-state index is 6.08. The molecule has 0 atom stereocenters. The lowest BCUT2D eigenvalue weighted by atomic mass is 10.1. The first-order valence-corrected chi connectivity index (χ1v) is 12.0. The van der Waals surface area contributed by atoms with Gasteiger partial charge in [-0.15, -0.1) is 0 Å². The number of nitrogens with zero attached hydrogens (tertiary/aromatic N) is 2. The van der Waals surface area contributed by atoms with Crippen LogP contribution >= 0.6 is 27.3 Å². The second-order valence-electron chi connectivity index (χ2n) is 6.86. The van der Waals surface area contributed by atoms with E-state index in [1.165, 1.54) is 17.5 Å². The third-order valence-electron chi connectivity index (χ3n) is 4.83. The molecule has 0 saturated carbocycles. The number of hydrogen-bond acceptors (Lipinski definition) is 4. The van der Waals surface area contributed by atoms with Crippen LogP contribution in [0.2, 0.25) is 0 Å². The van der Waals surface area contributed by atoms with E-state index < -0.39 is 0 Å². The standard InChI is InChI=1S/C23H25BrN2O2S/c1-2-28-18-11-12-19-21(15-18)29-23-25-22(17-9-5-3-6-10-17)20(26(19)23)16-27-14-8-4-7-13-24/h3,5-6,9-12,15H,2,4,7-8,13-14,16H2,1H3. The highest BCUT2D eigenvalue weighted by Crippen LogP contribution is 2.35. The SMILES string of the molecule is CCOc1ccc2c(c1)sc1nc(-c3ccccc3)c(COCCCCCBr)n12. The minimum atomic E-state index is 0.554. The number of fused-ring (bicyclic) bond motifs is 3. The molecular weight excluding hydrogens is 448 g/mol. The first-order chi connectivity index (χ1) is 14.3. The summed E-state index contributed by atoms with van der Waals surface area (Å²) in [4.78, 5) is 5.97. The van der Waals surface area contributed by atoms with Crippen LogP contribution in [0.3, 0.4) is 0 Å². The largest absolute Gasteiger partial charge is 0.494 e. The van der Waals surface area contributed by atoms with Crippen LogP contribution in [0.25, 0.3) is 26.4 Å². The molecule has 2 aromatic heterocycles. The molecule has 0 aliphatic rings. The molecule has 29 heavy (non-hydrogen) atoms. The Bertz CT molecular complexity index is 1070. The van der Waals surface area contributed by atoms with Crippen molar-refractivity contribution >= 4 is 42.4 Å². The van der Waals surface area contributed by atoms with Crippen molar-refractivity contribution < 1.29 is 9.47 Å². The molecule has 0 unspecified atom stereocenters. The van der Waals surface area contributed by atoms with E-state index in [1.54, 1.807) is 11.3 Å². The number of hydrogen-bond donors (Lipinski definition) is 0. The van der Waals surface area contributed by atoms with E-state index >= 15 is 0 Å². The van der Waals surface area contributed by atoms with Gasteiger partial charge in [0, 0.05) is 17.5 Å². The van der Waals surface area contributed by atoms with Crippen molar-refractivity contribution in [2.75, 3.05) is 18.5 Å². The van der Waals surface area contributed by atoms with Crippen molar-refractivity contribution in [2.45, 2.75) is 32.8 Å². The molecule has 0 fully saturated rings. The summed E-state index contributed by atoms with van der Waals surface area (Å²) in [6.45, 7) is 4.00. The molecule has 4 aromatic rings. The summed E-state index contributed by atoms with van der Waals surface area (Å²) in [5, 5.41) is 1.05. The van der Waals surface area contributed by atoms with E-state index in [9.17, 15) is 0 Å². The first-order valence-electron chi connectivity index (χ1n) is 10.1. The van der Waals surface area contributed by atoms with Crippen LogP contribution < -0.4 is 4.74 Å². The number of unbranched alkanes of at least 4 members (excludes halogenated alkanes) is 2. The molecular formula is C23H25BrN2O2S. The summed E-state index contributed by atoms with van der Waals surface area (Å²) in [5.41, 5.74) is 4.40. The highest BCUT2D eigenvalue weighted by molar-refractivity contribution is 9.09. The quantitative estimate of drug-likeness (QED) is 0.190. The molecule has 2 aromatic carbocycles. The molecule has 6 heteroatoms. The number of alkyl halides is 1. The molecule has 0 saturated heterocycles. The topological polar surface area (TPSA) is 35.8 Å². The van der Waals surface area contributed by atoms with Gasteiger partial charge in [0.15, 0.2) is 4.96 Å². The third-order valence-corrected chi connectivity index (χ3v) is 6.40. The van der Waals surface area contributed by atoms with Crippen LogP contribution in [0, 0.1) is 0 Å². The predicted octanol–water partition coefficient (Wildman–Crippen LogP) is 6.70. The summed E-state index contributed by atoms with van der Waals surface area (Å²) < 4.78 is 15.2. The van der Waals surface area contributed by atoms with E-state index in [0.29, 0.717) is 13.2 Å². The minimum Gasteiger partial charge on any atom is -0.494 e. The van der Waals surface area contributed by atoms with Gasteiger partial charge < -0.3 is 9.47 Å². The fraction of sp³-hybridized carbons (Fsp3) is 0.348.